The lowest BCUT2D eigenvalue weighted by atomic mass is 10.1. The van der Waals surface area contributed by atoms with Crippen molar-refractivity contribution in [3.05, 3.63) is 27.5 Å². The monoisotopic (exact) mass is 256 g/mol. The Morgan fingerprint density at radius 1 is 1.46 bits per heavy atom. The minimum atomic E-state index is 0.371. The standard InChI is InChI=1S/C10H9BrOS/c1-2-6-4-3-5-7-8(12)10(11)13-9(6)7/h3-5,12H,2H2,1H3. The zero-order valence-corrected chi connectivity index (χ0v) is 9.58. The summed E-state index contributed by atoms with van der Waals surface area (Å²) in [5, 5.41) is 10.6. The van der Waals surface area contributed by atoms with E-state index in [0.717, 1.165) is 15.6 Å². The van der Waals surface area contributed by atoms with Gasteiger partial charge in [-0.25, -0.2) is 0 Å². The third kappa shape index (κ3) is 1.36. The molecule has 2 aromatic rings. The number of benzene rings is 1. The molecule has 0 aliphatic carbocycles. The third-order valence-corrected chi connectivity index (χ3v) is 4.03. The van der Waals surface area contributed by atoms with E-state index >= 15 is 0 Å². The molecule has 1 heterocycles. The molecule has 0 atom stereocenters. The highest BCUT2D eigenvalue weighted by Gasteiger charge is 2.10. The fourth-order valence-electron chi connectivity index (χ4n) is 1.41. The van der Waals surface area contributed by atoms with Gasteiger partial charge in [-0.1, -0.05) is 19.1 Å². The van der Waals surface area contributed by atoms with Gasteiger partial charge in [0.1, 0.15) is 9.54 Å². The van der Waals surface area contributed by atoms with Crippen LogP contribution >= 0.6 is 27.3 Å². The van der Waals surface area contributed by atoms with Crippen LogP contribution < -0.4 is 0 Å². The van der Waals surface area contributed by atoms with Crippen LogP contribution in [0.2, 0.25) is 0 Å². The Hall–Kier alpha value is -0.540. The van der Waals surface area contributed by atoms with Gasteiger partial charge in [0.2, 0.25) is 0 Å². The Balaban J connectivity index is 2.84. The largest absolute Gasteiger partial charge is 0.505 e. The summed E-state index contributed by atoms with van der Waals surface area (Å²) < 4.78 is 2.01. The summed E-state index contributed by atoms with van der Waals surface area (Å²) in [5.74, 6) is 0.371. The van der Waals surface area contributed by atoms with E-state index in [1.54, 1.807) is 11.3 Å². The van der Waals surface area contributed by atoms with Gasteiger partial charge < -0.3 is 5.11 Å². The third-order valence-electron chi connectivity index (χ3n) is 2.11. The molecule has 3 heteroatoms. The van der Waals surface area contributed by atoms with Crippen LogP contribution in [-0.4, -0.2) is 5.11 Å². The van der Waals surface area contributed by atoms with Gasteiger partial charge in [0, 0.05) is 10.1 Å². The van der Waals surface area contributed by atoms with Gasteiger partial charge in [0.05, 0.1) is 0 Å². The molecule has 0 amide bonds. The molecule has 0 radical (unpaired) electrons. The number of hydrogen-bond acceptors (Lipinski definition) is 2. The van der Waals surface area contributed by atoms with E-state index in [2.05, 4.69) is 28.9 Å². The lowest BCUT2D eigenvalue weighted by molar-refractivity contribution is 0.481. The fraction of sp³-hybridized carbons (Fsp3) is 0.200. The molecule has 0 fully saturated rings. The summed E-state index contributed by atoms with van der Waals surface area (Å²) in [4.78, 5) is 0. The summed E-state index contributed by atoms with van der Waals surface area (Å²) in [5.41, 5.74) is 1.29. The van der Waals surface area contributed by atoms with Gasteiger partial charge in [-0.3, -0.25) is 0 Å². The zero-order chi connectivity index (χ0) is 9.42. The van der Waals surface area contributed by atoms with Crippen molar-refractivity contribution in [1.82, 2.24) is 0 Å². The van der Waals surface area contributed by atoms with E-state index in [0.29, 0.717) is 5.75 Å². The minimum absolute atomic E-state index is 0.371. The normalized spacial score (nSPS) is 10.9. The molecular weight excluding hydrogens is 248 g/mol. The quantitative estimate of drug-likeness (QED) is 0.820. The Kier molecular flexibility index (Phi) is 2.30. The first kappa shape index (κ1) is 9.03. The molecule has 0 aliphatic rings. The van der Waals surface area contributed by atoms with Crippen molar-refractivity contribution < 1.29 is 5.11 Å². The second-order valence-electron chi connectivity index (χ2n) is 2.87. The van der Waals surface area contributed by atoms with Gasteiger partial charge in [0.15, 0.2) is 0 Å². The van der Waals surface area contributed by atoms with Gasteiger partial charge in [-0.05, 0) is 34.0 Å². The molecule has 13 heavy (non-hydrogen) atoms. The predicted molar refractivity (Wildman–Crippen MR) is 60.6 cm³/mol. The van der Waals surface area contributed by atoms with Crippen LogP contribution in [0.25, 0.3) is 10.1 Å². The molecule has 0 saturated heterocycles. The number of rotatable bonds is 1. The number of aryl methyl sites for hydroxylation is 1. The second kappa shape index (κ2) is 3.31. The van der Waals surface area contributed by atoms with Gasteiger partial charge >= 0.3 is 0 Å². The number of thiophene rings is 1. The van der Waals surface area contributed by atoms with Crippen molar-refractivity contribution >= 4 is 37.4 Å². The first-order chi connectivity index (χ1) is 6.24. The van der Waals surface area contributed by atoms with Crippen LogP contribution in [0.5, 0.6) is 5.75 Å². The first-order valence-electron chi connectivity index (χ1n) is 4.13. The fourth-order valence-corrected chi connectivity index (χ4v) is 3.12. The highest BCUT2D eigenvalue weighted by molar-refractivity contribution is 9.11. The predicted octanol–water partition coefficient (Wildman–Crippen LogP) is 3.93. The van der Waals surface area contributed by atoms with Crippen molar-refractivity contribution in [2.24, 2.45) is 0 Å². The van der Waals surface area contributed by atoms with Crippen LogP contribution in [-0.2, 0) is 6.42 Å². The molecule has 0 saturated carbocycles. The Morgan fingerprint density at radius 3 is 2.92 bits per heavy atom. The summed E-state index contributed by atoms with van der Waals surface area (Å²) in [6, 6.07) is 6.04. The zero-order valence-electron chi connectivity index (χ0n) is 7.17. The van der Waals surface area contributed by atoms with Gasteiger partial charge in [-0.2, -0.15) is 0 Å². The average Bonchev–Trinajstić information content (AvgIpc) is 2.43. The van der Waals surface area contributed by atoms with Crippen LogP contribution in [0, 0.1) is 0 Å². The maximum atomic E-state index is 9.68. The molecule has 1 aromatic carbocycles. The van der Waals surface area contributed by atoms with Crippen molar-refractivity contribution in [2.45, 2.75) is 13.3 Å². The van der Waals surface area contributed by atoms with Crippen LogP contribution in [0.4, 0.5) is 0 Å². The highest BCUT2D eigenvalue weighted by Crippen LogP contribution is 2.42. The molecule has 68 valence electrons. The van der Waals surface area contributed by atoms with Crippen LogP contribution in [0.1, 0.15) is 12.5 Å². The summed E-state index contributed by atoms with van der Waals surface area (Å²) in [7, 11) is 0. The first-order valence-corrected chi connectivity index (χ1v) is 5.74. The smallest absolute Gasteiger partial charge is 0.148 e. The number of hydrogen-bond donors (Lipinski definition) is 1. The lowest BCUT2D eigenvalue weighted by Gasteiger charge is -1.97. The average molecular weight is 257 g/mol. The molecule has 1 N–H and O–H groups in total. The topological polar surface area (TPSA) is 20.2 Å². The molecule has 0 bridgehead atoms. The maximum Gasteiger partial charge on any atom is 0.148 e. The van der Waals surface area contributed by atoms with Gasteiger partial charge in [0.25, 0.3) is 0 Å². The number of halogens is 1. The minimum Gasteiger partial charge on any atom is -0.505 e. The van der Waals surface area contributed by atoms with Gasteiger partial charge in [-0.15, -0.1) is 11.3 Å². The summed E-state index contributed by atoms with van der Waals surface area (Å²) >= 11 is 4.94. The highest BCUT2D eigenvalue weighted by atomic mass is 79.9. The molecule has 2 rings (SSSR count). The van der Waals surface area contributed by atoms with Crippen LogP contribution in [0.3, 0.4) is 0 Å². The van der Waals surface area contributed by atoms with Crippen molar-refractivity contribution in [3.8, 4) is 5.75 Å². The summed E-state index contributed by atoms with van der Waals surface area (Å²) in [6.07, 6.45) is 1.00. The van der Waals surface area contributed by atoms with E-state index < -0.39 is 0 Å². The second-order valence-corrected chi connectivity index (χ2v) is 5.21. The van der Waals surface area contributed by atoms with E-state index in [-0.39, 0.29) is 0 Å². The lowest BCUT2D eigenvalue weighted by Crippen LogP contribution is -1.77. The maximum absolute atomic E-state index is 9.68. The molecular formula is C10H9BrOS. The van der Waals surface area contributed by atoms with E-state index in [1.807, 2.05) is 12.1 Å². The SMILES string of the molecule is CCc1cccc2c(O)c(Br)sc12. The number of aromatic hydroxyl groups is 1. The molecule has 0 unspecified atom stereocenters. The molecule has 0 spiro atoms. The summed E-state index contributed by atoms with van der Waals surface area (Å²) in [6.45, 7) is 2.12. The Morgan fingerprint density at radius 2 is 2.23 bits per heavy atom. The van der Waals surface area contributed by atoms with Crippen molar-refractivity contribution in [2.75, 3.05) is 0 Å². The molecule has 0 aliphatic heterocycles. The van der Waals surface area contributed by atoms with E-state index in [9.17, 15) is 5.11 Å². The molecule has 1 aromatic heterocycles. The Bertz CT molecular complexity index is 447. The van der Waals surface area contributed by atoms with E-state index in [4.69, 9.17) is 0 Å². The van der Waals surface area contributed by atoms with Crippen LogP contribution in [0.15, 0.2) is 22.0 Å². The van der Waals surface area contributed by atoms with E-state index in [1.165, 1.54) is 10.3 Å². The van der Waals surface area contributed by atoms with Crippen molar-refractivity contribution in [3.63, 3.8) is 0 Å². The molecule has 1 nitrogen and oxygen atoms in total. The Labute approximate surface area is 89.1 Å². The van der Waals surface area contributed by atoms with Crippen molar-refractivity contribution in [1.29, 1.82) is 0 Å². The number of fused-ring (bicyclic) bond motifs is 1.